The topological polar surface area (TPSA) is 115 Å². The number of rotatable bonds is 12. The minimum atomic E-state index is -0.213. The van der Waals surface area contributed by atoms with Crippen molar-refractivity contribution in [2.75, 3.05) is 25.1 Å². The van der Waals surface area contributed by atoms with Crippen molar-refractivity contribution in [1.29, 1.82) is 0 Å². The monoisotopic (exact) mass is 560 g/mol. The highest BCUT2D eigenvalue weighted by atomic mass is 16.5. The molecule has 2 unspecified atom stereocenters. The van der Waals surface area contributed by atoms with E-state index in [2.05, 4.69) is 58.2 Å². The Bertz CT molecular complexity index is 1380. The van der Waals surface area contributed by atoms with Crippen molar-refractivity contribution in [3.8, 4) is 11.1 Å². The Hall–Kier alpha value is -3.46. The van der Waals surface area contributed by atoms with Crippen LogP contribution in [0.1, 0.15) is 70.9 Å². The Morgan fingerprint density at radius 3 is 2.56 bits per heavy atom. The predicted octanol–water partition coefficient (Wildman–Crippen LogP) is 4.74. The molecule has 4 rings (SSSR count). The third-order valence-corrected chi connectivity index (χ3v) is 7.88. The summed E-state index contributed by atoms with van der Waals surface area (Å²) in [4.78, 5) is 28.9. The zero-order valence-corrected chi connectivity index (χ0v) is 24.7. The molecule has 0 aliphatic carbocycles. The fourth-order valence-corrected chi connectivity index (χ4v) is 5.40. The largest absolute Gasteiger partial charge is 0.396 e. The highest BCUT2D eigenvalue weighted by molar-refractivity contribution is 5.98. The molecule has 41 heavy (non-hydrogen) atoms. The lowest BCUT2D eigenvalue weighted by Crippen LogP contribution is -2.34. The maximum Gasteiger partial charge on any atom is 0.253 e. The summed E-state index contributed by atoms with van der Waals surface area (Å²) in [6.45, 7) is 10.4. The molecule has 1 aliphatic heterocycles. The zero-order valence-electron chi connectivity index (χ0n) is 24.7. The van der Waals surface area contributed by atoms with Crippen LogP contribution in [-0.2, 0) is 17.8 Å². The molecule has 2 atom stereocenters. The first-order valence-electron chi connectivity index (χ1n) is 14.7. The number of ether oxygens (including phenoxy) is 1. The number of carbonyl (C=O) groups excluding carboxylic acids is 1. The Balaban J connectivity index is 1.61. The lowest BCUT2D eigenvalue weighted by atomic mass is 9.95. The number of hydrogen-bond acceptors (Lipinski definition) is 6. The normalized spacial score (nSPS) is 16.9. The second kappa shape index (κ2) is 14.4. The number of pyridine rings is 1. The van der Waals surface area contributed by atoms with Crippen LogP contribution in [0, 0.1) is 20.8 Å². The SMILES string of the molecule is CCC1CC(Nc2cc(-c3ccc(CNCCCO)cc3)cc(C(=O)NCc3c(C)cc(C)[nH]c3=O)c2C)CCO1. The molecule has 1 aliphatic rings. The number of aromatic nitrogens is 1. The predicted molar refractivity (Wildman–Crippen MR) is 164 cm³/mol. The molecule has 0 spiro atoms. The molecular weight excluding hydrogens is 516 g/mol. The van der Waals surface area contributed by atoms with E-state index >= 15 is 0 Å². The second-order valence-electron chi connectivity index (χ2n) is 11.0. The number of hydrogen-bond donors (Lipinski definition) is 5. The summed E-state index contributed by atoms with van der Waals surface area (Å²) >= 11 is 0. The Labute approximate surface area is 242 Å². The van der Waals surface area contributed by atoms with E-state index in [1.54, 1.807) is 0 Å². The van der Waals surface area contributed by atoms with Gasteiger partial charge in [-0.3, -0.25) is 9.59 Å². The number of H-pyrrole nitrogens is 1. The van der Waals surface area contributed by atoms with E-state index in [1.807, 2.05) is 32.9 Å². The van der Waals surface area contributed by atoms with Crippen LogP contribution in [0.2, 0.25) is 0 Å². The number of aliphatic hydroxyl groups is 1. The van der Waals surface area contributed by atoms with Crippen LogP contribution < -0.4 is 21.5 Å². The van der Waals surface area contributed by atoms with Gasteiger partial charge < -0.3 is 30.8 Å². The highest BCUT2D eigenvalue weighted by Crippen LogP contribution is 2.31. The van der Waals surface area contributed by atoms with E-state index in [4.69, 9.17) is 9.84 Å². The Morgan fingerprint density at radius 1 is 1.07 bits per heavy atom. The van der Waals surface area contributed by atoms with Gasteiger partial charge in [0.1, 0.15) is 0 Å². The van der Waals surface area contributed by atoms with Gasteiger partial charge in [0.05, 0.1) is 6.10 Å². The van der Waals surface area contributed by atoms with Gasteiger partial charge in [0, 0.05) is 54.9 Å². The highest BCUT2D eigenvalue weighted by Gasteiger charge is 2.23. The number of aromatic amines is 1. The molecular formula is C33H44N4O4. The molecule has 1 saturated heterocycles. The number of amides is 1. The van der Waals surface area contributed by atoms with Gasteiger partial charge in [-0.2, -0.15) is 0 Å². The quantitative estimate of drug-likeness (QED) is 0.205. The average Bonchev–Trinajstić information content (AvgIpc) is 2.96. The van der Waals surface area contributed by atoms with Gasteiger partial charge in [-0.1, -0.05) is 31.2 Å². The smallest absolute Gasteiger partial charge is 0.253 e. The first kappa shape index (κ1) is 30.5. The number of aliphatic hydroxyl groups excluding tert-OH is 1. The van der Waals surface area contributed by atoms with Crippen molar-refractivity contribution in [3.05, 3.63) is 86.3 Å². The summed E-state index contributed by atoms with van der Waals surface area (Å²) in [5, 5.41) is 19.0. The molecule has 0 bridgehead atoms. The van der Waals surface area contributed by atoms with Gasteiger partial charge in [-0.15, -0.1) is 0 Å². The van der Waals surface area contributed by atoms with Crippen LogP contribution in [-0.4, -0.2) is 47.9 Å². The van der Waals surface area contributed by atoms with E-state index < -0.39 is 0 Å². The summed E-state index contributed by atoms with van der Waals surface area (Å²) in [7, 11) is 0. The molecule has 0 saturated carbocycles. The summed E-state index contributed by atoms with van der Waals surface area (Å²) in [6.07, 6.45) is 3.78. The molecule has 0 radical (unpaired) electrons. The van der Waals surface area contributed by atoms with Gasteiger partial charge in [0.2, 0.25) is 0 Å². The Morgan fingerprint density at radius 2 is 1.85 bits per heavy atom. The van der Waals surface area contributed by atoms with Crippen molar-refractivity contribution in [3.63, 3.8) is 0 Å². The van der Waals surface area contributed by atoms with Crippen molar-refractivity contribution in [1.82, 2.24) is 15.6 Å². The van der Waals surface area contributed by atoms with Crippen LogP contribution >= 0.6 is 0 Å². The number of carbonyl (C=O) groups is 1. The Kier molecular flexibility index (Phi) is 10.7. The van der Waals surface area contributed by atoms with Crippen LogP contribution in [0.5, 0.6) is 0 Å². The molecule has 2 heterocycles. The first-order valence-corrected chi connectivity index (χ1v) is 14.7. The molecule has 220 valence electrons. The molecule has 1 aromatic heterocycles. The maximum atomic E-state index is 13.6. The lowest BCUT2D eigenvalue weighted by Gasteiger charge is -2.31. The van der Waals surface area contributed by atoms with Gasteiger partial charge in [0.25, 0.3) is 11.5 Å². The third-order valence-electron chi connectivity index (χ3n) is 7.88. The van der Waals surface area contributed by atoms with E-state index in [1.165, 1.54) is 0 Å². The van der Waals surface area contributed by atoms with Gasteiger partial charge >= 0.3 is 0 Å². The molecule has 1 fully saturated rings. The number of nitrogens with one attached hydrogen (secondary N) is 4. The minimum Gasteiger partial charge on any atom is -0.396 e. The van der Waals surface area contributed by atoms with E-state index in [0.717, 1.165) is 84.6 Å². The number of anilines is 1. The van der Waals surface area contributed by atoms with Crippen LogP contribution in [0.25, 0.3) is 11.1 Å². The molecule has 2 aromatic carbocycles. The summed E-state index contributed by atoms with van der Waals surface area (Å²) in [6, 6.07) is 14.6. The average molecular weight is 561 g/mol. The van der Waals surface area contributed by atoms with E-state index in [0.29, 0.717) is 11.1 Å². The molecule has 8 nitrogen and oxygen atoms in total. The molecule has 5 N–H and O–H groups in total. The summed E-state index contributed by atoms with van der Waals surface area (Å²) in [5.74, 6) is -0.213. The standard InChI is InChI=1S/C33H44N4O4/c1-5-28-18-27(11-14-41-28)37-31-17-26(25-9-7-24(8-10-25)19-34-12-6-13-38)16-29(23(31)4)32(39)35-20-30-21(2)15-22(3)36-33(30)40/h7-10,15-17,27-28,34,37-38H,5-6,11-14,18-20H2,1-4H3,(H,35,39)(H,36,40). The van der Waals surface area contributed by atoms with Crippen LogP contribution in [0.3, 0.4) is 0 Å². The van der Waals surface area contributed by atoms with Gasteiger partial charge in [0.15, 0.2) is 0 Å². The zero-order chi connectivity index (χ0) is 29.4. The van der Waals surface area contributed by atoms with Crippen LogP contribution in [0.15, 0.2) is 47.3 Å². The fraction of sp³-hybridized carbons (Fsp3) is 0.455. The fourth-order valence-electron chi connectivity index (χ4n) is 5.40. The molecule has 3 aromatic rings. The molecule has 1 amide bonds. The van der Waals surface area contributed by atoms with Crippen molar-refractivity contribution in [2.45, 2.75) is 78.6 Å². The van der Waals surface area contributed by atoms with Gasteiger partial charge in [-0.05, 0) is 99.0 Å². The second-order valence-corrected chi connectivity index (χ2v) is 11.0. The molecule has 8 heteroatoms. The first-order chi connectivity index (χ1) is 19.8. The summed E-state index contributed by atoms with van der Waals surface area (Å²) < 4.78 is 5.88. The van der Waals surface area contributed by atoms with Crippen molar-refractivity contribution < 1.29 is 14.6 Å². The summed E-state index contributed by atoms with van der Waals surface area (Å²) in [5.41, 5.74) is 7.57. The minimum absolute atomic E-state index is 0.156. The third kappa shape index (κ3) is 8.06. The van der Waals surface area contributed by atoms with Crippen molar-refractivity contribution in [2.24, 2.45) is 0 Å². The number of benzene rings is 2. The van der Waals surface area contributed by atoms with Crippen molar-refractivity contribution >= 4 is 11.6 Å². The van der Waals surface area contributed by atoms with E-state index in [9.17, 15) is 9.59 Å². The van der Waals surface area contributed by atoms with E-state index in [-0.39, 0.29) is 36.8 Å². The van der Waals surface area contributed by atoms with Crippen LogP contribution in [0.4, 0.5) is 5.69 Å². The lowest BCUT2D eigenvalue weighted by molar-refractivity contribution is 0.00924. The maximum absolute atomic E-state index is 13.6. The van der Waals surface area contributed by atoms with Gasteiger partial charge in [-0.25, -0.2) is 0 Å². The number of aryl methyl sites for hydroxylation is 2.